The summed E-state index contributed by atoms with van der Waals surface area (Å²) < 4.78 is 0. The number of hydrogen-bond donors (Lipinski definition) is 1. The number of aliphatic hydroxyl groups is 1. The molecule has 0 aromatic heterocycles. The standard InChI is InChI=1S/C13H19BrO/c1-9(15)11-5-6-12-10(8-14)4-3-7-13(11,12)2/h5,8-9,12,15H,3-4,6-7H2,1-2H3/t9-,12-,13+/m0/s1. The zero-order valence-corrected chi connectivity index (χ0v) is 11.0. The second kappa shape index (κ2) is 4.06. The van der Waals surface area contributed by atoms with Crippen molar-refractivity contribution in [2.24, 2.45) is 11.3 Å². The van der Waals surface area contributed by atoms with E-state index >= 15 is 0 Å². The molecule has 1 nitrogen and oxygen atoms in total. The summed E-state index contributed by atoms with van der Waals surface area (Å²) in [7, 11) is 0. The van der Waals surface area contributed by atoms with Gasteiger partial charge in [-0.3, -0.25) is 0 Å². The molecule has 0 unspecified atom stereocenters. The van der Waals surface area contributed by atoms with E-state index in [1.165, 1.54) is 30.4 Å². The third-order valence-electron chi connectivity index (χ3n) is 4.20. The third kappa shape index (κ3) is 1.72. The highest BCUT2D eigenvalue weighted by atomic mass is 79.9. The fourth-order valence-corrected chi connectivity index (χ4v) is 3.98. The highest BCUT2D eigenvalue weighted by Crippen LogP contribution is 2.55. The zero-order chi connectivity index (χ0) is 11.1. The summed E-state index contributed by atoms with van der Waals surface area (Å²) in [6.45, 7) is 4.21. The van der Waals surface area contributed by atoms with Gasteiger partial charge in [0.25, 0.3) is 0 Å². The number of rotatable bonds is 1. The maximum absolute atomic E-state index is 9.82. The Morgan fingerprint density at radius 3 is 3.00 bits per heavy atom. The molecule has 0 saturated heterocycles. The smallest absolute Gasteiger partial charge is 0.0727 e. The van der Waals surface area contributed by atoms with Gasteiger partial charge in [0.05, 0.1) is 6.10 Å². The first kappa shape index (κ1) is 11.4. The molecule has 0 amide bonds. The first-order valence-electron chi connectivity index (χ1n) is 5.77. The van der Waals surface area contributed by atoms with E-state index < -0.39 is 0 Å². The van der Waals surface area contributed by atoms with Gasteiger partial charge in [0.15, 0.2) is 0 Å². The second-order valence-corrected chi connectivity index (χ2v) is 5.54. The first-order valence-corrected chi connectivity index (χ1v) is 6.69. The van der Waals surface area contributed by atoms with Crippen LogP contribution in [0.25, 0.3) is 0 Å². The molecule has 0 aromatic carbocycles. The van der Waals surface area contributed by atoms with Crippen LogP contribution in [0.2, 0.25) is 0 Å². The topological polar surface area (TPSA) is 20.2 Å². The Kier molecular flexibility index (Phi) is 3.09. The molecule has 2 aliphatic carbocycles. The van der Waals surface area contributed by atoms with Crippen molar-refractivity contribution in [1.82, 2.24) is 0 Å². The minimum absolute atomic E-state index is 0.214. The van der Waals surface area contributed by atoms with Crippen LogP contribution >= 0.6 is 15.9 Å². The summed E-state index contributed by atoms with van der Waals surface area (Å²) in [5.41, 5.74) is 3.00. The Morgan fingerprint density at radius 2 is 2.40 bits per heavy atom. The van der Waals surface area contributed by atoms with Crippen molar-refractivity contribution >= 4 is 15.9 Å². The van der Waals surface area contributed by atoms with Gasteiger partial charge in [0, 0.05) is 0 Å². The number of halogens is 1. The van der Waals surface area contributed by atoms with Crippen LogP contribution in [0.15, 0.2) is 22.2 Å². The number of aliphatic hydroxyl groups excluding tert-OH is 1. The van der Waals surface area contributed by atoms with Crippen LogP contribution in [0.5, 0.6) is 0 Å². The molecular weight excluding hydrogens is 252 g/mol. The van der Waals surface area contributed by atoms with Gasteiger partial charge in [0.1, 0.15) is 0 Å². The molecule has 2 heteroatoms. The molecule has 0 radical (unpaired) electrons. The van der Waals surface area contributed by atoms with Gasteiger partial charge < -0.3 is 5.11 Å². The molecule has 1 fully saturated rings. The lowest BCUT2D eigenvalue weighted by atomic mass is 9.64. The molecule has 2 aliphatic rings. The van der Waals surface area contributed by atoms with Gasteiger partial charge in [-0.05, 0) is 54.5 Å². The van der Waals surface area contributed by atoms with Gasteiger partial charge in [-0.1, -0.05) is 34.5 Å². The fraction of sp³-hybridized carbons (Fsp3) is 0.692. The van der Waals surface area contributed by atoms with Gasteiger partial charge >= 0.3 is 0 Å². The van der Waals surface area contributed by atoms with Crippen LogP contribution < -0.4 is 0 Å². The number of allylic oxidation sites excluding steroid dienone is 2. The molecule has 0 spiro atoms. The van der Waals surface area contributed by atoms with Crippen LogP contribution in [0.3, 0.4) is 0 Å². The van der Waals surface area contributed by atoms with E-state index in [1.54, 1.807) is 0 Å². The van der Waals surface area contributed by atoms with Crippen LogP contribution in [-0.2, 0) is 0 Å². The Labute approximate surface area is 100 Å². The van der Waals surface area contributed by atoms with Crippen LogP contribution in [0.4, 0.5) is 0 Å². The largest absolute Gasteiger partial charge is 0.389 e. The van der Waals surface area contributed by atoms with Crippen molar-refractivity contribution in [2.75, 3.05) is 0 Å². The lowest BCUT2D eigenvalue weighted by Gasteiger charge is -2.41. The molecule has 1 N–H and O–H groups in total. The zero-order valence-electron chi connectivity index (χ0n) is 9.46. The average Bonchev–Trinajstić information content (AvgIpc) is 2.54. The van der Waals surface area contributed by atoms with Crippen molar-refractivity contribution in [3.05, 3.63) is 22.2 Å². The minimum atomic E-state index is -0.283. The third-order valence-corrected chi connectivity index (χ3v) is 4.79. The Hall–Kier alpha value is -0.0800. The number of hydrogen-bond acceptors (Lipinski definition) is 1. The van der Waals surface area contributed by atoms with Gasteiger partial charge in [-0.2, -0.15) is 0 Å². The van der Waals surface area contributed by atoms with Gasteiger partial charge in [-0.15, -0.1) is 0 Å². The van der Waals surface area contributed by atoms with E-state index in [2.05, 4.69) is 33.9 Å². The van der Waals surface area contributed by atoms with Crippen molar-refractivity contribution in [3.8, 4) is 0 Å². The molecule has 0 aliphatic heterocycles. The maximum Gasteiger partial charge on any atom is 0.0727 e. The molecule has 0 aromatic rings. The average molecular weight is 271 g/mol. The molecule has 0 bridgehead atoms. The summed E-state index contributed by atoms with van der Waals surface area (Å²) in [5, 5.41) is 9.82. The molecule has 1 saturated carbocycles. The molecule has 15 heavy (non-hydrogen) atoms. The summed E-state index contributed by atoms with van der Waals surface area (Å²) in [6, 6.07) is 0. The predicted octanol–water partition coefficient (Wildman–Crippen LogP) is 3.78. The highest BCUT2D eigenvalue weighted by Gasteiger charge is 2.45. The normalized spacial score (nSPS) is 40.1. The van der Waals surface area contributed by atoms with E-state index in [4.69, 9.17) is 0 Å². The molecular formula is C13H19BrO. The SMILES string of the molecule is C[C@H](O)C1=CC[C@H]2C(=CBr)CCC[C@]12C. The maximum atomic E-state index is 9.82. The van der Waals surface area contributed by atoms with Crippen molar-refractivity contribution in [3.63, 3.8) is 0 Å². The van der Waals surface area contributed by atoms with Gasteiger partial charge in [-0.25, -0.2) is 0 Å². The van der Waals surface area contributed by atoms with Crippen molar-refractivity contribution in [2.45, 2.75) is 45.6 Å². The van der Waals surface area contributed by atoms with E-state index in [9.17, 15) is 5.11 Å². The summed E-state index contributed by atoms with van der Waals surface area (Å²) in [5.74, 6) is 0.621. The Balaban J connectivity index is 2.32. The van der Waals surface area contributed by atoms with E-state index in [0.717, 1.165) is 6.42 Å². The van der Waals surface area contributed by atoms with Crippen LogP contribution in [0.1, 0.15) is 39.5 Å². The molecule has 0 heterocycles. The second-order valence-electron chi connectivity index (χ2n) is 5.08. The lowest BCUT2D eigenvalue weighted by Crippen LogP contribution is -2.33. The van der Waals surface area contributed by atoms with Crippen LogP contribution in [0, 0.1) is 11.3 Å². The Morgan fingerprint density at radius 1 is 1.67 bits per heavy atom. The Bertz CT molecular complexity index is 316. The first-order chi connectivity index (χ1) is 7.09. The molecule has 3 atom stereocenters. The predicted molar refractivity (Wildman–Crippen MR) is 66.8 cm³/mol. The monoisotopic (exact) mass is 270 g/mol. The molecule has 2 rings (SSSR count). The van der Waals surface area contributed by atoms with E-state index in [1.807, 2.05) is 6.92 Å². The highest BCUT2D eigenvalue weighted by molar-refractivity contribution is 9.11. The van der Waals surface area contributed by atoms with Crippen molar-refractivity contribution in [1.29, 1.82) is 0 Å². The quantitative estimate of drug-likeness (QED) is 0.719. The molecule has 84 valence electrons. The van der Waals surface area contributed by atoms with E-state index in [0.29, 0.717) is 5.92 Å². The summed E-state index contributed by atoms with van der Waals surface area (Å²) >= 11 is 3.48. The van der Waals surface area contributed by atoms with Gasteiger partial charge in [0.2, 0.25) is 0 Å². The summed E-state index contributed by atoms with van der Waals surface area (Å²) in [4.78, 5) is 2.11. The fourth-order valence-electron chi connectivity index (χ4n) is 3.43. The van der Waals surface area contributed by atoms with E-state index in [-0.39, 0.29) is 11.5 Å². The van der Waals surface area contributed by atoms with Crippen molar-refractivity contribution < 1.29 is 5.11 Å². The van der Waals surface area contributed by atoms with Crippen LogP contribution in [-0.4, -0.2) is 11.2 Å². The minimum Gasteiger partial charge on any atom is -0.389 e. The summed E-state index contributed by atoms with van der Waals surface area (Å²) in [6.07, 6.45) is 6.76. The lowest BCUT2D eigenvalue weighted by molar-refractivity contribution is 0.158. The number of fused-ring (bicyclic) bond motifs is 1.